The van der Waals surface area contributed by atoms with Gasteiger partial charge in [0.25, 0.3) is 5.91 Å². The van der Waals surface area contributed by atoms with E-state index in [1.807, 2.05) is 74.5 Å². The van der Waals surface area contributed by atoms with E-state index in [-0.39, 0.29) is 30.0 Å². The van der Waals surface area contributed by atoms with Crippen molar-refractivity contribution in [3.05, 3.63) is 107 Å². The van der Waals surface area contributed by atoms with E-state index in [1.165, 1.54) is 0 Å². The van der Waals surface area contributed by atoms with E-state index < -0.39 is 23.8 Å². The Morgan fingerprint density at radius 2 is 1.60 bits per heavy atom. The largest absolute Gasteiger partial charge is 0.508 e. The Hall–Kier alpha value is -4.85. The van der Waals surface area contributed by atoms with Crippen LogP contribution >= 0.6 is 0 Å². The van der Waals surface area contributed by atoms with Gasteiger partial charge in [-0.05, 0) is 99.2 Å². The van der Waals surface area contributed by atoms with Gasteiger partial charge in [-0.3, -0.25) is 9.59 Å². The third kappa shape index (κ3) is 8.01. The number of alkyl carbamates (subject to hydrolysis) is 1. The summed E-state index contributed by atoms with van der Waals surface area (Å²) in [5.74, 6) is -0.613. The highest BCUT2D eigenvalue weighted by Gasteiger charge is 2.44. The molecular weight excluding hydrogens is 566 g/mol. The zero-order chi connectivity index (χ0) is 32.3. The van der Waals surface area contributed by atoms with E-state index in [1.54, 1.807) is 49.9 Å². The Morgan fingerprint density at radius 3 is 2.27 bits per heavy atom. The van der Waals surface area contributed by atoms with Gasteiger partial charge in [-0.1, -0.05) is 66.2 Å². The quantitative estimate of drug-likeness (QED) is 0.191. The lowest BCUT2D eigenvalue weighted by atomic mass is 9.95. The minimum Gasteiger partial charge on any atom is -0.508 e. The number of rotatable bonds is 9. The van der Waals surface area contributed by atoms with Crippen LogP contribution in [-0.2, 0) is 20.7 Å². The van der Waals surface area contributed by atoms with Crippen molar-refractivity contribution in [2.45, 2.75) is 77.6 Å². The summed E-state index contributed by atoms with van der Waals surface area (Å²) in [6, 6.07) is 23.9. The molecule has 45 heavy (non-hydrogen) atoms. The normalized spacial score (nSPS) is 14.3. The van der Waals surface area contributed by atoms with E-state index in [0.29, 0.717) is 5.69 Å². The number of phenolic OH excluding ortho intramolecular Hbond substituents is 1. The Bertz CT molecular complexity index is 1710. The second-order valence-corrected chi connectivity index (χ2v) is 12.9. The van der Waals surface area contributed by atoms with Crippen LogP contribution in [0.2, 0.25) is 0 Å². The second kappa shape index (κ2) is 13.0. The van der Waals surface area contributed by atoms with E-state index in [0.717, 1.165) is 45.9 Å². The molecule has 3 amide bonds. The van der Waals surface area contributed by atoms with Gasteiger partial charge < -0.3 is 25.4 Å². The number of hydrogen-bond acceptors (Lipinski definition) is 5. The Balaban J connectivity index is 1.54. The molecule has 2 unspecified atom stereocenters. The molecule has 0 aromatic heterocycles. The molecule has 0 spiro atoms. The van der Waals surface area contributed by atoms with Gasteiger partial charge in [0, 0.05) is 18.2 Å². The van der Waals surface area contributed by atoms with Crippen molar-refractivity contribution in [3.8, 4) is 5.75 Å². The van der Waals surface area contributed by atoms with Gasteiger partial charge in [0.05, 0.1) is 0 Å². The molecule has 0 heterocycles. The van der Waals surface area contributed by atoms with Gasteiger partial charge in [-0.15, -0.1) is 0 Å². The lowest BCUT2D eigenvalue weighted by molar-refractivity contribution is -0.141. The lowest BCUT2D eigenvalue weighted by Gasteiger charge is -2.35. The minimum absolute atomic E-state index is 0.0988. The summed E-state index contributed by atoms with van der Waals surface area (Å²) in [5, 5.41) is 17.8. The van der Waals surface area contributed by atoms with E-state index in [9.17, 15) is 19.5 Å². The smallest absolute Gasteiger partial charge is 0.408 e. The zero-order valence-electron chi connectivity index (χ0n) is 26.5. The molecule has 1 aliphatic rings. The maximum absolute atomic E-state index is 14.7. The van der Waals surface area contributed by atoms with Crippen molar-refractivity contribution in [1.29, 1.82) is 0 Å². The number of fused-ring (bicyclic) bond motifs is 1. The molecule has 4 aromatic carbocycles. The molecule has 0 radical (unpaired) electrons. The van der Waals surface area contributed by atoms with Crippen molar-refractivity contribution >= 4 is 34.4 Å². The molecule has 4 aromatic rings. The van der Waals surface area contributed by atoms with Gasteiger partial charge >= 0.3 is 6.09 Å². The Kier molecular flexibility index (Phi) is 9.14. The maximum Gasteiger partial charge on any atom is 0.408 e. The lowest BCUT2D eigenvalue weighted by Crippen LogP contribution is -2.54. The Morgan fingerprint density at radius 1 is 0.911 bits per heavy atom. The first-order chi connectivity index (χ1) is 21.4. The summed E-state index contributed by atoms with van der Waals surface area (Å²) < 4.78 is 5.53. The predicted molar refractivity (Wildman–Crippen MR) is 176 cm³/mol. The van der Waals surface area contributed by atoms with Gasteiger partial charge in [-0.2, -0.15) is 0 Å². The summed E-state index contributed by atoms with van der Waals surface area (Å²) in [6.45, 7) is 9.17. The Labute approximate surface area is 264 Å². The second-order valence-electron chi connectivity index (χ2n) is 12.9. The van der Waals surface area contributed by atoms with E-state index in [2.05, 4.69) is 10.6 Å². The summed E-state index contributed by atoms with van der Waals surface area (Å²) in [7, 11) is 0. The summed E-state index contributed by atoms with van der Waals surface area (Å²) in [6.07, 6.45) is 0.913. The van der Waals surface area contributed by atoms with Crippen molar-refractivity contribution in [1.82, 2.24) is 10.2 Å². The SMILES string of the molecule is Cc1ccc(C)c(C(C(=O)Nc2ccc3ccccc3c2)N(C(=O)C(Cc2ccc(O)cc2)NC(=O)OC(C)(C)C)C2CC2)c1. The number of aryl methyl sites for hydroxylation is 2. The van der Waals surface area contributed by atoms with Crippen LogP contribution in [0.3, 0.4) is 0 Å². The number of nitrogens with one attached hydrogen (secondary N) is 2. The van der Waals surface area contributed by atoms with Crippen LogP contribution in [0, 0.1) is 13.8 Å². The minimum atomic E-state index is -1.02. The number of nitrogens with zero attached hydrogens (tertiary/aromatic N) is 1. The first-order valence-corrected chi connectivity index (χ1v) is 15.3. The number of ether oxygens (including phenoxy) is 1. The first kappa shape index (κ1) is 31.6. The van der Waals surface area contributed by atoms with Gasteiger partial charge in [0.15, 0.2) is 0 Å². The van der Waals surface area contributed by atoms with Crippen LogP contribution in [0.5, 0.6) is 5.75 Å². The summed E-state index contributed by atoms with van der Waals surface area (Å²) in [4.78, 5) is 43.7. The number of aromatic hydroxyl groups is 1. The molecule has 1 fully saturated rings. The summed E-state index contributed by atoms with van der Waals surface area (Å²) in [5.41, 5.74) is 3.18. The fourth-order valence-electron chi connectivity index (χ4n) is 5.52. The molecule has 8 heteroatoms. The van der Waals surface area contributed by atoms with Crippen LogP contribution < -0.4 is 10.6 Å². The number of anilines is 1. The monoisotopic (exact) mass is 607 g/mol. The van der Waals surface area contributed by atoms with Crippen LogP contribution in [0.1, 0.15) is 61.9 Å². The molecule has 8 nitrogen and oxygen atoms in total. The van der Waals surface area contributed by atoms with Crippen molar-refractivity contribution in [2.24, 2.45) is 0 Å². The van der Waals surface area contributed by atoms with Crippen molar-refractivity contribution in [3.63, 3.8) is 0 Å². The number of hydrogen-bond donors (Lipinski definition) is 3. The first-order valence-electron chi connectivity index (χ1n) is 15.3. The maximum atomic E-state index is 14.7. The van der Waals surface area contributed by atoms with E-state index >= 15 is 0 Å². The molecule has 0 saturated heterocycles. The number of benzene rings is 4. The molecule has 2 atom stereocenters. The third-order valence-corrected chi connectivity index (χ3v) is 7.83. The highest BCUT2D eigenvalue weighted by Crippen LogP contribution is 2.38. The molecule has 3 N–H and O–H groups in total. The summed E-state index contributed by atoms with van der Waals surface area (Å²) >= 11 is 0. The highest BCUT2D eigenvalue weighted by molar-refractivity contribution is 6.01. The number of phenols is 1. The molecule has 0 bridgehead atoms. The van der Waals surface area contributed by atoms with Crippen LogP contribution in [0.25, 0.3) is 10.8 Å². The third-order valence-electron chi connectivity index (χ3n) is 7.83. The predicted octanol–water partition coefficient (Wildman–Crippen LogP) is 6.97. The fourth-order valence-corrected chi connectivity index (χ4v) is 5.52. The number of carbonyl (C=O) groups is 3. The molecule has 5 rings (SSSR count). The molecule has 1 aliphatic carbocycles. The highest BCUT2D eigenvalue weighted by atomic mass is 16.6. The van der Waals surface area contributed by atoms with E-state index in [4.69, 9.17) is 4.74 Å². The molecule has 0 aliphatic heterocycles. The van der Waals surface area contributed by atoms with Gasteiger partial charge in [-0.25, -0.2) is 4.79 Å². The van der Waals surface area contributed by atoms with Gasteiger partial charge in [0.2, 0.25) is 5.91 Å². The fraction of sp³-hybridized carbons (Fsp3) is 0.324. The van der Waals surface area contributed by atoms with Crippen molar-refractivity contribution < 1.29 is 24.2 Å². The molecule has 1 saturated carbocycles. The van der Waals surface area contributed by atoms with Crippen LogP contribution in [0.15, 0.2) is 84.9 Å². The standard InChI is InChI=1S/C37H41N3O5/c1-23-10-11-24(2)31(20-23)33(34(42)38-28-15-14-26-8-6-7-9-27(26)22-28)40(29-16-17-29)35(43)32(39-36(44)45-37(3,4)5)21-25-12-18-30(41)19-13-25/h6-15,18-20,22,29,32-33,41H,16-17,21H2,1-5H3,(H,38,42)(H,39,44). The van der Waals surface area contributed by atoms with Crippen molar-refractivity contribution in [2.75, 3.05) is 5.32 Å². The number of carbonyl (C=O) groups excluding carboxylic acids is 3. The molecular formula is C37H41N3O5. The van der Waals surface area contributed by atoms with Crippen LogP contribution in [0.4, 0.5) is 10.5 Å². The van der Waals surface area contributed by atoms with Crippen LogP contribution in [-0.4, -0.2) is 45.6 Å². The topological polar surface area (TPSA) is 108 Å². The average molecular weight is 608 g/mol. The average Bonchev–Trinajstić information content (AvgIpc) is 3.82. The number of amides is 3. The van der Waals surface area contributed by atoms with Gasteiger partial charge in [0.1, 0.15) is 23.4 Å². The zero-order valence-corrected chi connectivity index (χ0v) is 26.5. The molecule has 234 valence electrons.